The van der Waals surface area contributed by atoms with E-state index in [0.717, 1.165) is 34.0 Å². The van der Waals surface area contributed by atoms with E-state index in [1.54, 1.807) is 18.2 Å². The molecule has 4 aromatic rings. The molecule has 1 aromatic heterocycles. The Labute approximate surface area is 235 Å². The van der Waals surface area contributed by atoms with Crippen LogP contribution in [0.5, 0.6) is 11.5 Å². The largest absolute Gasteiger partial charge is 0.486 e. The van der Waals surface area contributed by atoms with Crippen LogP contribution in [0.3, 0.4) is 0 Å². The number of carbonyl (C=O) groups is 3. The number of aryl methyl sites for hydroxylation is 1. The molecule has 4 aliphatic heterocycles. The van der Waals surface area contributed by atoms with Gasteiger partial charge in [-0.05, 0) is 48.2 Å². The Bertz CT molecular complexity index is 1780. The number of nitrogens with one attached hydrogen (secondary N) is 3. The topological polar surface area (TPSA) is 113 Å². The van der Waals surface area contributed by atoms with Crippen molar-refractivity contribution in [1.29, 1.82) is 0 Å². The van der Waals surface area contributed by atoms with E-state index in [9.17, 15) is 14.4 Å². The maximum atomic E-state index is 14.4. The number of hydrogen-bond acceptors (Lipinski definition) is 6. The SMILES string of the molecule is CCc1ccc2c(c1)[C@@]1(N[C@@H](Cc3c[nH]c4ccccc34)[C@H]3C(=O)N(c4ccc5c(c4)OCCO5)C(=O)[C@@H]31)C(=O)N2. The molecule has 2 fully saturated rings. The Morgan fingerprint density at radius 3 is 2.63 bits per heavy atom. The lowest BCUT2D eigenvalue weighted by Gasteiger charge is -2.30. The molecule has 3 aromatic carbocycles. The molecule has 4 aliphatic rings. The Morgan fingerprint density at radius 2 is 1.78 bits per heavy atom. The summed E-state index contributed by atoms with van der Waals surface area (Å²) in [5.41, 5.74) is 3.52. The Morgan fingerprint density at radius 1 is 0.951 bits per heavy atom. The number of nitrogens with zero attached hydrogens (tertiary/aromatic N) is 1. The van der Waals surface area contributed by atoms with Crippen molar-refractivity contribution in [2.75, 3.05) is 23.4 Å². The summed E-state index contributed by atoms with van der Waals surface area (Å²) >= 11 is 0. The molecule has 5 heterocycles. The minimum Gasteiger partial charge on any atom is -0.486 e. The van der Waals surface area contributed by atoms with Gasteiger partial charge in [0.1, 0.15) is 18.8 Å². The standard InChI is InChI=1S/C32H28N4O5/c1-2-17-7-9-23-21(13-17)32(31(39)34-23)28-27(24(35-32)14-18-16-33-22-6-4-3-5-20(18)22)29(37)36(30(28)38)19-8-10-25-26(15-19)41-12-11-40-25/h3-10,13,15-16,24,27-28,33,35H,2,11-12,14H2,1H3,(H,34,39)/t24-,27+,28+,32-/m0/s1. The Balaban J connectivity index is 1.27. The van der Waals surface area contributed by atoms with Crippen molar-refractivity contribution in [3.05, 3.63) is 83.6 Å². The van der Waals surface area contributed by atoms with Gasteiger partial charge in [0.25, 0.3) is 0 Å². The zero-order valence-corrected chi connectivity index (χ0v) is 22.4. The molecule has 9 heteroatoms. The van der Waals surface area contributed by atoms with E-state index in [0.29, 0.717) is 42.5 Å². The second-order valence-corrected chi connectivity index (χ2v) is 11.2. The van der Waals surface area contributed by atoms with Crippen molar-refractivity contribution in [3.63, 3.8) is 0 Å². The monoisotopic (exact) mass is 548 g/mol. The van der Waals surface area contributed by atoms with E-state index in [-0.39, 0.29) is 11.8 Å². The summed E-state index contributed by atoms with van der Waals surface area (Å²) in [7, 11) is 0. The first-order chi connectivity index (χ1) is 20.0. The molecule has 0 radical (unpaired) electrons. The highest BCUT2D eigenvalue weighted by Crippen LogP contribution is 2.54. The number of H-pyrrole nitrogens is 1. The van der Waals surface area contributed by atoms with E-state index in [2.05, 4.69) is 22.5 Å². The van der Waals surface area contributed by atoms with Gasteiger partial charge in [0, 0.05) is 40.5 Å². The molecule has 41 heavy (non-hydrogen) atoms. The van der Waals surface area contributed by atoms with Crippen molar-refractivity contribution >= 4 is 40.0 Å². The fourth-order valence-electron chi connectivity index (χ4n) is 7.21. The van der Waals surface area contributed by atoms with Crippen molar-refractivity contribution in [2.24, 2.45) is 11.8 Å². The van der Waals surface area contributed by atoms with E-state index in [1.165, 1.54) is 4.90 Å². The highest BCUT2D eigenvalue weighted by atomic mass is 16.6. The van der Waals surface area contributed by atoms with E-state index < -0.39 is 29.3 Å². The first-order valence-electron chi connectivity index (χ1n) is 14.0. The molecule has 0 saturated carbocycles. The van der Waals surface area contributed by atoms with Crippen LogP contribution in [0, 0.1) is 11.8 Å². The van der Waals surface area contributed by atoms with Gasteiger partial charge in [-0.1, -0.05) is 37.3 Å². The normalized spacial score (nSPS) is 26.1. The average Bonchev–Trinajstić information content (AvgIpc) is 3.71. The molecule has 3 amide bonds. The Kier molecular flexibility index (Phi) is 5.12. The van der Waals surface area contributed by atoms with E-state index >= 15 is 0 Å². The third-order valence-corrected chi connectivity index (χ3v) is 9.09. The van der Waals surface area contributed by atoms with Gasteiger partial charge in [0.2, 0.25) is 17.7 Å². The number of hydrogen-bond donors (Lipinski definition) is 3. The van der Waals surface area contributed by atoms with Crippen molar-refractivity contribution < 1.29 is 23.9 Å². The summed E-state index contributed by atoms with van der Waals surface area (Å²) in [6.45, 7) is 2.88. The van der Waals surface area contributed by atoms with Crippen LogP contribution in [0.25, 0.3) is 10.9 Å². The van der Waals surface area contributed by atoms with Gasteiger partial charge in [0.05, 0.1) is 17.5 Å². The summed E-state index contributed by atoms with van der Waals surface area (Å²) < 4.78 is 11.4. The fraction of sp³-hybridized carbons (Fsp3) is 0.281. The number of imide groups is 1. The number of benzene rings is 3. The fourth-order valence-corrected chi connectivity index (χ4v) is 7.21. The van der Waals surface area contributed by atoms with Crippen LogP contribution >= 0.6 is 0 Å². The first kappa shape index (κ1) is 24.2. The molecule has 3 N–H and O–H groups in total. The molecule has 1 spiro atoms. The van der Waals surface area contributed by atoms with Crippen molar-refractivity contribution in [1.82, 2.24) is 10.3 Å². The van der Waals surface area contributed by atoms with Crippen LogP contribution in [-0.4, -0.2) is 42.0 Å². The number of anilines is 2. The number of amides is 3. The molecule has 4 atom stereocenters. The van der Waals surface area contributed by atoms with Crippen LogP contribution in [0.4, 0.5) is 11.4 Å². The maximum Gasteiger partial charge on any atom is 0.250 e. The minimum atomic E-state index is -1.36. The molecule has 0 aliphatic carbocycles. The average molecular weight is 549 g/mol. The lowest BCUT2D eigenvalue weighted by molar-refractivity contribution is -0.130. The van der Waals surface area contributed by atoms with Gasteiger partial charge >= 0.3 is 0 Å². The summed E-state index contributed by atoms with van der Waals surface area (Å²) in [5, 5.41) is 7.63. The number of aromatic nitrogens is 1. The third kappa shape index (κ3) is 3.29. The third-order valence-electron chi connectivity index (χ3n) is 9.09. The maximum absolute atomic E-state index is 14.4. The smallest absolute Gasteiger partial charge is 0.250 e. The molecule has 206 valence electrons. The quantitative estimate of drug-likeness (QED) is 0.336. The number of fused-ring (bicyclic) bond motifs is 6. The summed E-state index contributed by atoms with van der Waals surface area (Å²) in [6.07, 6.45) is 3.20. The Hall–Kier alpha value is -4.63. The second-order valence-electron chi connectivity index (χ2n) is 11.2. The second kappa shape index (κ2) is 8.68. The van der Waals surface area contributed by atoms with Gasteiger partial charge < -0.3 is 19.8 Å². The van der Waals surface area contributed by atoms with Gasteiger partial charge in [-0.2, -0.15) is 0 Å². The number of para-hydroxylation sites is 1. The van der Waals surface area contributed by atoms with E-state index in [1.807, 2.05) is 48.7 Å². The highest BCUT2D eigenvalue weighted by molar-refractivity contribution is 6.26. The highest BCUT2D eigenvalue weighted by Gasteiger charge is 2.70. The van der Waals surface area contributed by atoms with E-state index in [4.69, 9.17) is 9.47 Å². The number of aromatic amines is 1. The van der Waals surface area contributed by atoms with Gasteiger partial charge in [-0.3, -0.25) is 19.7 Å². The van der Waals surface area contributed by atoms with Crippen LogP contribution in [0.15, 0.2) is 66.9 Å². The summed E-state index contributed by atoms with van der Waals surface area (Å²) in [4.78, 5) is 47.2. The van der Waals surface area contributed by atoms with Crippen molar-refractivity contribution in [3.8, 4) is 11.5 Å². The zero-order valence-electron chi connectivity index (χ0n) is 22.4. The molecular formula is C32H28N4O5. The van der Waals surface area contributed by atoms with Crippen LogP contribution in [0.1, 0.15) is 23.6 Å². The number of ether oxygens (including phenoxy) is 2. The van der Waals surface area contributed by atoms with Gasteiger partial charge in [0.15, 0.2) is 11.5 Å². The lowest BCUT2D eigenvalue weighted by Crippen LogP contribution is -2.53. The molecule has 8 rings (SSSR count). The number of rotatable bonds is 4. The minimum absolute atomic E-state index is 0.303. The lowest BCUT2D eigenvalue weighted by atomic mass is 9.76. The summed E-state index contributed by atoms with van der Waals surface area (Å²) in [6, 6.07) is 18.5. The molecule has 2 saturated heterocycles. The molecule has 0 bridgehead atoms. The zero-order chi connectivity index (χ0) is 27.9. The van der Waals surface area contributed by atoms with Gasteiger partial charge in [-0.15, -0.1) is 0 Å². The predicted molar refractivity (Wildman–Crippen MR) is 152 cm³/mol. The van der Waals surface area contributed by atoms with Crippen LogP contribution in [0.2, 0.25) is 0 Å². The summed E-state index contributed by atoms with van der Waals surface area (Å²) in [5.74, 6) is -1.60. The van der Waals surface area contributed by atoms with Crippen LogP contribution in [-0.2, 0) is 32.8 Å². The van der Waals surface area contributed by atoms with Gasteiger partial charge in [-0.25, -0.2) is 4.90 Å². The predicted octanol–water partition coefficient (Wildman–Crippen LogP) is 3.67. The number of carbonyl (C=O) groups excluding carboxylic acids is 3. The molecule has 9 nitrogen and oxygen atoms in total. The first-order valence-corrected chi connectivity index (χ1v) is 14.0. The molecule has 0 unspecified atom stereocenters. The molecular weight excluding hydrogens is 520 g/mol. The van der Waals surface area contributed by atoms with Crippen LogP contribution < -0.4 is 25.0 Å². The van der Waals surface area contributed by atoms with Crippen molar-refractivity contribution in [2.45, 2.75) is 31.3 Å².